The molecule has 1 saturated heterocycles. The van der Waals surface area contributed by atoms with Gasteiger partial charge in [0, 0.05) is 24.3 Å². The summed E-state index contributed by atoms with van der Waals surface area (Å²) in [5.41, 5.74) is 6.48. The van der Waals surface area contributed by atoms with E-state index in [1.165, 1.54) is 25.9 Å². The fourth-order valence-electron chi connectivity index (χ4n) is 2.56. The molecule has 0 aromatic heterocycles. The van der Waals surface area contributed by atoms with Crippen LogP contribution in [0.15, 0.2) is 24.3 Å². The maximum atomic E-state index is 5.73. The highest BCUT2D eigenvalue weighted by Crippen LogP contribution is 2.16. The van der Waals surface area contributed by atoms with Crippen LogP contribution in [0, 0.1) is 0 Å². The maximum Gasteiger partial charge on any atom is 0.121 e. The van der Waals surface area contributed by atoms with Crippen molar-refractivity contribution in [1.29, 1.82) is 0 Å². The molecule has 0 spiro atoms. The van der Waals surface area contributed by atoms with E-state index < -0.39 is 0 Å². The van der Waals surface area contributed by atoms with Crippen molar-refractivity contribution >= 4 is 5.69 Å². The Morgan fingerprint density at radius 2 is 2.05 bits per heavy atom. The SMILES string of the molecule is CN(C)C1CCN(CCOc2cccc(N)c2)CC1. The van der Waals surface area contributed by atoms with Crippen LogP contribution in [0.4, 0.5) is 5.69 Å². The van der Waals surface area contributed by atoms with Crippen molar-refractivity contribution in [3.05, 3.63) is 24.3 Å². The van der Waals surface area contributed by atoms with Crippen LogP contribution < -0.4 is 10.5 Å². The molecule has 0 aliphatic carbocycles. The first kappa shape index (κ1) is 14.2. The zero-order valence-electron chi connectivity index (χ0n) is 12.0. The van der Waals surface area contributed by atoms with Gasteiger partial charge >= 0.3 is 0 Å². The highest BCUT2D eigenvalue weighted by atomic mass is 16.5. The zero-order chi connectivity index (χ0) is 13.7. The highest BCUT2D eigenvalue weighted by molar-refractivity contribution is 5.43. The minimum absolute atomic E-state index is 0.732. The average Bonchev–Trinajstić information content (AvgIpc) is 2.39. The van der Waals surface area contributed by atoms with E-state index in [0.29, 0.717) is 0 Å². The Morgan fingerprint density at radius 3 is 2.68 bits per heavy atom. The van der Waals surface area contributed by atoms with Crippen LogP contribution >= 0.6 is 0 Å². The second-order valence-corrected chi connectivity index (χ2v) is 5.46. The molecule has 1 aliphatic heterocycles. The molecule has 4 nitrogen and oxygen atoms in total. The molecule has 2 rings (SSSR count). The lowest BCUT2D eigenvalue weighted by Gasteiger charge is -2.35. The Balaban J connectivity index is 1.67. The minimum atomic E-state index is 0.732. The first-order valence-electron chi connectivity index (χ1n) is 7.02. The summed E-state index contributed by atoms with van der Waals surface area (Å²) < 4.78 is 5.73. The molecule has 0 atom stereocenters. The van der Waals surface area contributed by atoms with Gasteiger partial charge in [-0.15, -0.1) is 0 Å². The van der Waals surface area contributed by atoms with Gasteiger partial charge in [0.15, 0.2) is 0 Å². The topological polar surface area (TPSA) is 41.7 Å². The third kappa shape index (κ3) is 4.40. The van der Waals surface area contributed by atoms with E-state index in [1.807, 2.05) is 24.3 Å². The number of piperidine rings is 1. The summed E-state index contributed by atoms with van der Waals surface area (Å²) in [5, 5.41) is 0. The number of nitrogen functional groups attached to an aromatic ring is 1. The van der Waals surface area contributed by atoms with Crippen molar-refractivity contribution in [2.45, 2.75) is 18.9 Å². The van der Waals surface area contributed by atoms with E-state index >= 15 is 0 Å². The predicted molar refractivity (Wildman–Crippen MR) is 79.5 cm³/mol. The van der Waals surface area contributed by atoms with E-state index in [9.17, 15) is 0 Å². The molecule has 19 heavy (non-hydrogen) atoms. The molecular weight excluding hydrogens is 238 g/mol. The Morgan fingerprint density at radius 1 is 1.32 bits per heavy atom. The molecule has 1 aliphatic rings. The van der Waals surface area contributed by atoms with Gasteiger partial charge in [-0.1, -0.05) is 6.07 Å². The summed E-state index contributed by atoms with van der Waals surface area (Å²) in [6, 6.07) is 8.37. The zero-order valence-corrected chi connectivity index (χ0v) is 12.0. The minimum Gasteiger partial charge on any atom is -0.492 e. The van der Waals surface area contributed by atoms with Crippen LogP contribution in [0.3, 0.4) is 0 Å². The summed E-state index contributed by atoms with van der Waals surface area (Å²) in [6.45, 7) is 4.07. The van der Waals surface area contributed by atoms with Gasteiger partial charge in [0.2, 0.25) is 0 Å². The molecule has 0 amide bonds. The molecule has 0 radical (unpaired) electrons. The molecular formula is C15H25N3O. The molecule has 0 unspecified atom stereocenters. The Hall–Kier alpha value is -1.26. The summed E-state index contributed by atoms with van der Waals surface area (Å²) in [5.74, 6) is 0.864. The summed E-state index contributed by atoms with van der Waals surface area (Å²) >= 11 is 0. The van der Waals surface area contributed by atoms with Gasteiger partial charge in [-0.3, -0.25) is 4.90 Å². The van der Waals surface area contributed by atoms with Crippen LogP contribution in [0.2, 0.25) is 0 Å². The Labute approximate surface area is 116 Å². The molecule has 0 saturated carbocycles. The quantitative estimate of drug-likeness (QED) is 0.821. The van der Waals surface area contributed by atoms with Crippen molar-refractivity contribution in [3.8, 4) is 5.75 Å². The number of nitrogens with two attached hydrogens (primary N) is 1. The van der Waals surface area contributed by atoms with Gasteiger partial charge < -0.3 is 15.4 Å². The van der Waals surface area contributed by atoms with E-state index in [1.54, 1.807) is 0 Å². The lowest BCUT2D eigenvalue weighted by Crippen LogP contribution is -2.43. The van der Waals surface area contributed by atoms with Crippen molar-refractivity contribution in [1.82, 2.24) is 9.80 Å². The number of ether oxygens (including phenoxy) is 1. The van der Waals surface area contributed by atoms with Gasteiger partial charge in [0.25, 0.3) is 0 Å². The third-order valence-corrected chi connectivity index (χ3v) is 3.82. The number of hydrogen-bond donors (Lipinski definition) is 1. The van der Waals surface area contributed by atoms with Crippen LogP contribution in [0.5, 0.6) is 5.75 Å². The Bertz CT molecular complexity index is 387. The summed E-state index contributed by atoms with van der Waals surface area (Å²) in [6.07, 6.45) is 2.51. The molecule has 4 heteroatoms. The normalized spacial score (nSPS) is 17.8. The molecule has 1 fully saturated rings. The number of rotatable bonds is 5. The van der Waals surface area contributed by atoms with Crippen molar-refractivity contribution < 1.29 is 4.74 Å². The van der Waals surface area contributed by atoms with Crippen LogP contribution in [0.1, 0.15) is 12.8 Å². The average molecular weight is 263 g/mol. The lowest BCUT2D eigenvalue weighted by atomic mass is 10.0. The first-order chi connectivity index (χ1) is 9.15. The molecule has 106 valence electrons. The van der Waals surface area contributed by atoms with Gasteiger partial charge in [0.05, 0.1) is 0 Å². The summed E-state index contributed by atoms with van der Waals surface area (Å²) in [4.78, 5) is 4.81. The van der Waals surface area contributed by atoms with Crippen LogP contribution in [-0.2, 0) is 0 Å². The second-order valence-electron chi connectivity index (χ2n) is 5.46. The lowest BCUT2D eigenvalue weighted by molar-refractivity contribution is 0.128. The van der Waals surface area contributed by atoms with Gasteiger partial charge in [-0.05, 0) is 52.2 Å². The van der Waals surface area contributed by atoms with E-state index in [4.69, 9.17) is 10.5 Å². The largest absolute Gasteiger partial charge is 0.492 e. The fourth-order valence-corrected chi connectivity index (χ4v) is 2.56. The van der Waals surface area contributed by atoms with Crippen LogP contribution in [-0.4, -0.2) is 56.2 Å². The number of benzene rings is 1. The summed E-state index contributed by atoms with van der Waals surface area (Å²) in [7, 11) is 4.34. The van der Waals surface area contributed by atoms with Gasteiger partial charge in [-0.2, -0.15) is 0 Å². The smallest absolute Gasteiger partial charge is 0.121 e. The second kappa shape index (κ2) is 6.78. The van der Waals surface area contributed by atoms with Crippen molar-refractivity contribution in [3.63, 3.8) is 0 Å². The fraction of sp³-hybridized carbons (Fsp3) is 0.600. The maximum absolute atomic E-state index is 5.73. The molecule has 0 bridgehead atoms. The Kier molecular flexibility index (Phi) is 5.05. The standard InChI is InChI=1S/C15H25N3O/c1-17(2)14-6-8-18(9-7-14)10-11-19-15-5-3-4-13(16)12-15/h3-5,12,14H,6-11,16H2,1-2H3. The van der Waals surface area contributed by atoms with Gasteiger partial charge in [-0.25, -0.2) is 0 Å². The molecule has 2 N–H and O–H groups in total. The third-order valence-electron chi connectivity index (χ3n) is 3.82. The number of nitrogens with zero attached hydrogens (tertiary/aromatic N) is 2. The molecule has 1 aromatic rings. The molecule has 1 heterocycles. The predicted octanol–water partition coefficient (Wildman–Crippen LogP) is 1.67. The van der Waals surface area contributed by atoms with E-state index in [-0.39, 0.29) is 0 Å². The number of hydrogen-bond acceptors (Lipinski definition) is 4. The van der Waals surface area contributed by atoms with Gasteiger partial charge in [0.1, 0.15) is 12.4 Å². The van der Waals surface area contributed by atoms with E-state index in [2.05, 4.69) is 23.9 Å². The monoisotopic (exact) mass is 263 g/mol. The highest BCUT2D eigenvalue weighted by Gasteiger charge is 2.19. The first-order valence-corrected chi connectivity index (χ1v) is 7.02. The van der Waals surface area contributed by atoms with Crippen molar-refractivity contribution in [2.24, 2.45) is 0 Å². The van der Waals surface area contributed by atoms with Crippen molar-refractivity contribution in [2.75, 3.05) is 46.1 Å². The number of likely N-dealkylation sites (tertiary alicyclic amines) is 1. The van der Waals surface area contributed by atoms with Crippen LogP contribution in [0.25, 0.3) is 0 Å². The molecule has 1 aromatic carbocycles. The van der Waals surface area contributed by atoms with E-state index in [0.717, 1.165) is 30.6 Å². The number of anilines is 1.